The summed E-state index contributed by atoms with van der Waals surface area (Å²) in [5, 5.41) is 6.57. The van der Waals surface area contributed by atoms with Crippen LogP contribution in [0.2, 0.25) is 0 Å². The van der Waals surface area contributed by atoms with Crippen LogP contribution in [0.15, 0.2) is 11.6 Å². The molecule has 0 aliphatic rings. The Balaban J connectivity index is 2.02. The number of nitrogens with one attached hydrogen (secondary N) is 1. The van der Waals surface area contributed by atoms with Crippen molar-refractivity contribution in [1.29, 1.82) is 0 Å². The molecule has 0 saturated heterocycles. The van der Waals surface area contributed by atoms with Crippen LogP contribution in [0.3, 0.4) is 0 Å². The summed E-state index contributed by atoms with van der Waals surface area (Å²) < 4.78 is 0. The predicted octanol–water partition coefficient (Wildman–Crippen LogP) is 0.870. The second kappa shape index (κ2) is 6.07. The molecule has 4 heteroatoms. The van der Waals surface area contributed by atoms with Crippen LogP contribution in [0.1, 0.15) is 11.9 Å². The fourth-order valence-corrected chi connectivity index (χ4v) is 1.62. The molecule has 13 heavy (non-hydrogen) atoms. The smallest absolute Gasteiger partial charge is 0.0937 e. The highest BCUT2D eigenvalue weighted by Crippen LogP contribution is 2.03. The predicted molar refractivity (Wildman–Crippen MR) is 56.9 cm³/mol. The maximum Gasteiger partial charge on any atom is 0.0937 e. The molecule has 74 valence electrons. The summed E-state index contributed by atoms with van der Waals surface area (Å²) in [5.74, 6) is 0.566. The molecule has 1 atom stereocenters. The van der Waals surface area contributed by atoms with Gasteiger partial charge in [0.05, 0.1) is 5.01 Å². The first-order valence-electron chi connectivity index (χ1n) is 4.62. The molecule has 0 radical (unpaired) electrons. The third kappa shape index (κ3) is 4.36. The van der Waals surface area contributed by atoms with Gasteiger partial charge in [-0.1, -0.05) is 6.92 Å². The van der Waals surface area contributed by atoms with E-state index in [9.17, 15) is 0 Å². The molecule has 3 N–H and O–H groups in total. The van der Waals surface area contributed by atoms with Crippen LogP contribution >= 0.6 is 11.3 Å². The van der Waals surface area contributed by atoms with E-state index in [0.717, 1.165) is 26.1 Å². The van der Waals surface area contributed by atoms with Gasteiger partial charge in [-0.2, -0.15) is 0 Å². The Morgan fingerprint density at radius 2 is 2.54 bits per heavy atom. The van der Waals surface area contributed by atoms with Crippen molar-refractivity contribution in [1.82, 2.24) is 10.3 Å². The van der Waals surface area contributed by atoms with Crippen molar-refractivity contribution in [2.45, 2.75) is 13.3 Å². The van der Waals surface area contributed by atoms with Crippen LogP contribution in [0.25, 0.3) is 0 Å². The van der Waals surface area contributed by atoms with E-state index in [2.05, 4.69) is 17.2 Å². The molecule has 1 heterocycles. The number of thiazole rings is 1. The lowest BCUT2D eigenvalue weighted by atomic mass is 10.2. The van der Waals surface area contributed by atoms with Gasteiger partial charge in [-0.05, 0) is 19.0 Å². The third-order valence-corrected chi connectivity index (χ3v) is 2.73. The molecule has 1 rings (SSSR count). The molecule has 0 saturated carbocycles. The maximum absolute atomic E-state index is 5.50. The van der Waals surface area contributed by atoms with E-state index in [4.69, 9.17) is 5.73 Å². The topological polar surface area (TPSA) is 50.9 Å². The van der Waals surface area contributed by atoms with Crippen molar-refractivity contribution in [3.63, 3.8) is 0 Å². The fraction of sp³-hybridized carbons (Fsp3) is 0.667. The van der Waals surface area contributed by atoms with E-state index in [1.54, 1.807) is 11.3 Å². The lowest BCUT2D eigenvalue weighted by Gasteiger charge is -2.08. The summed E-state index contributed by atoms with van der Waals surface area (Å²) in [4.78, 5) is 4.21. The summed E-state index contributed by atoms with van der Waals surface area (Å²) >= 11 is 1.71. The minimum atomic E-state index is 0.566. The van der Waals surface area contributed by atoms with Crippen molar-refractivity contribution in [2.24, 2.45) is 11.7 Å². The molecule has 3 nitrogen and oxygen atoms in total. The van der Waals surface area contributed by atoms with Gasteiger partial charge in [0.25, 0.3) is 0 Å². The maximum atomic E-state index is 5.50. The van der Waals surface area contributed by atoms with Crippen LogP contribution in [-0.2, 0) is 6.42 Å². The summed E-state index contributed by atoms with van der Waals surface area (Å²) in [6.45, 7) is 4.90. The van der Waals surface area contributed by atoms with E-state index in [1.807, 2.05) is 11.6 Å². The van der Waals surface area contributed by atoms with Gasteiger partial charge in [-0.3, -0.25) is 0 Å². The van der Waals surface area contributed by atoms with Gasteiger partial charge in [-0.25, -0.2) is 4.98 Å². The fourth-order valence-electron chi connectivity index (χ4n) is 1.00. The Morgan fingerprint density at radius 3 is 3.15 bits per heavy atom. The van der Waals surface area contributed by atoms with E-state index in [0.29, 0.717) is 5.92 Å². The Bertz CT molecular complexity index is 211. The molecule has 1 aromatic rings. The Morgan fingerprint density at radius 1 is 1.69 bits per heavy atom. The minimum Gasteiger partial charge on any atom is -0.330 e. The lowest BCUT2D eigenvalue weighted by molar-refractivity contribution is 0.524. The largest absolute Gasteiger partial charge is 0.330 e. The molecule has 0 aliphatic heterocycles. The van der Waals surface area contributed by atoms with E-state index in [-0.39, 0.29) is 0 Å². The van der Waals surface area contributed by atoms with Crippen LogP contribution in [0.4, 0.5) is 0 Å². The molecule has 0 aromatic carbocycles. The van der Waals surface area contributed by atoms with Crippen molar-refractivity contribution in [2.75, 3.05) is 19.6 Å². The SMILES string of the molecule is CC(CN)CNCCc1nccs1. The normalized spacial score (nSPS) is 13.1. The number of nitrogens with zero attached hydrogens (tertiary/aromatic N) is 1. The Labute approximate surface area is 83.4 Å². The first-order valence-corrected chi connectivity index (χ1v) is 5.50. The van der Waals surface area contributed by atoms with Crippen LogP contribution in [-0.4, -0.2) is 24.6 Å². The molecule has 0 fully saturated rings. The molecule has 0 aliphatic carbocycles. The highest BCUT2D eigenvalue weighted by molar-refractivity contribution is 7.09. The van der Waals surface area contributed by atoms with Crippen LogP contribution in [0, 0.1) is 5.92 Å². The van der Waals surface area contributed by atoms with Crippen molar-refractivity contribution >= 4 is 11.3 Å². The van der Waals surface area contributed by atoms with E-state index in [1.165, 1.54) is 5.01 Å². The molecular formula is C9H17N3S. The summed E-state index contributed by atoms with van der Waals surface area (Å²) in [7, 11) is 0. The van der Waals surface area contributed by atoms with Crippen molar-refractivity contribution in [3.05, 3.63) is 16.6 Å². The molecule has 0 spiro atoms. The lowest BCUT2D eigenvalue weighted by Crippen LogP contribution is -2.27. The van der Waals surface area contributed by atoms with Gasteiger partial charge in [0, 0.05) is 24.5 Å². The van der Waals surface area contributed by atoms with Gasteiger partial charge in [-0.15, -0.1) is 11.3 Å². The quantitative estimate of drug-likeness (QED) is 0.668. The molecule has 0 amide bonds. The van der Waals surface area contributed by atoms with Gasteiger partial charge >= 0.3 is 0 Å². The summed E-state index contributed by atoms with van der Waals surface area (Å²) in [6.07, 6.45) is 2.87. The summed E-state index contributed by atoms with van der Waals surface area (Å²) in [6, 6.07) is 0. The number of hydrogen-bond acceptors (Lipinski definition) is 4. The van der Waals surface area contributed by atoms with E-state index < -0.39 is 0 Å². The van der Waals surface area contributed by atoms with Crippen molar-refractivity contribution in [3.8, 4) is 0 Å². The molecular weight excluding hydrogens is 182 g/mol. The minimum absolute atomic E-state index is 0.566. The zero-order valence-corrected chi connectivity index (χ0v) is 8.81. The van der Waals surface area contributed by atoms with Crippen LogP contribution in [0.5, 0.6) is 0 Å². The first kappa shape index (κ1) is 10.6. The Hall–Kier alpha value is -0.450. The highest BCUT2D eigenvalue weighted by Gasteiger charge is 1.98. The average molecular weight is 199 g/mol. The standard InChI is InChI=1S/C9H17N3S/c1-8(6-10)7-11-3-2-9-12-4-5-13-9/h4-5,8,11H,2-3,6-7,10H2,1H3. The monoisotopic (exact) mass is 199 g/mol. The second-order valence-electron chi connectivity index (χ2n) is 3.22. The number of hydrogen-bond donors (Lipinski definition) is 2. The highest BCUT2D eigenvalue weighted by atomic mass is 32.1. The average Bonchev–Trinajstić information content (AvgIpc) is 2.64. The van der Waals surface area contributed by atoms with Gasteiger partial charge in [0.15, 0.2) is 0 Å². The van der Waals surface area contributed by atoms with Crippen molar-refractivity contribution < 1.29 is 0 Å². The van der Waals surface area contributed by atoms with Gasteiger partial charge < -0.3 is 11.1 Å². The number of rotatable bonds is 6. The number of nitrogens with two attached hydrogens (primary N) is 1. The second-order valence-corrected chi connectivity index (χ2v) is 4.20. The number of aromatic nitrogens is 1. The zero-order valence-electron chi connectivity index (χ0n) is 7.99. The Kier molecular flexibility index (Phi) is 4.97. The first-order chi connectivity index (χ1) is 6.33. The third-order valence-electron chi connectivity index (χ3n) is 1.89. The zero-order chi connectivity index (χ0) is 9.52. The van der Waals surface area contributed by atoms with Gasteiger partial charge in [0.2, 0.25) is 0 Å². The van der Waals surface area contributed by atoms with E-state index >= 15 is 0 Å². The van der Waals surface area contributed by atoms with Gasteiger partial charge in [0.1, 0.15) is 0 Å². The molecule has 1 unspecified atom stereocenters. The van der Waals surface area contributed by atoms with Crippen LogP contribution < -0.4 is 11.1 Å². The molecule has 1 aromatic heterocycles. The summed E-state index contributed by atoms with van der Waals surface area (Å²) in [5.41, 5.74) is 5.50. The molecule has 0 bridgehead atoms.